The van der Waals surface area contributed by atoms with E-state index in [1.807, 2.05) is 22.8 Å². The van der Waals surface area contributed by atoms with Crippen LogP contribution < -0.4 is 5.32 Å². The van der Waals surface area contributed by atoms with Crippen molar-refractivity contribution in [3.8, 4) is 0 Å². The first kappa shape index (κ1) is 15.5. The van der Waals surface area contributed by atoms with Crippen molar-refractivity contribution in [2.75, 3.05) is 6.61 Å². The second-order valence-electron chi connectivity index (χ2n) is 6.34. The van der Waals surface area contributed by atoms with Crippen molar-refractivity contribution in [3.63, 3.8) is 0 Å². The molecular formula is C17H20N4O2S. The van der Waals surface area contributed by atoms with Gasteiger partial charge < -0.3 is 10.1 Å². The Morgan fingerprint density at radius 1 is 1.42 bits per heavy atom. The van der Waals surface area contributed by atoms with Gasteiger partial charge in [0, 0.05) is 6.04 Å². The summed E-state index contributed by atoms with van der Waals surface area (Å²) in [6.45, 7) is 1.05. The number of amides is 1. The predicted octanol–water partition coefficient (Wildman–Crippen LogP) is 2.60. The number of aromatic amines is 1. The summed E-state index contributed by atoms with van der Waals surface area (Å²) >= 11 is 5.26. The Labute approximate surface area is 145 Å². The Hall–Kier alpha value is -1.99. The van der Waals surface area contributed by atoms with E-state index < -0.39 is 0 Å². The Balaban J connectivity index is 1.39. The zero-order valence-corrected chi connectivity index (χ0v) is 14.1. The molecule has 24 heavy (non-hydrogen) atoms. The zero-order chi connectivity index (χ0) is 16.5. The summed E-state index contributed by atoms with van der Waals surface area (Å²) in [5.41, 5.74) is 2.40. The van der Waals surface area contributed by atoms with Crippen LogP contribution in [0.4, 0.5) is 0 Å². The van der Waals surface area contributed by atoms with Gasteiger partial charge in [0.25, 0.3) is 0 Å². The number of carbonyl (C=O) groups excluding carboxylic acids is 1. The molecule has 1 atom stereocenters. The van der Waals surface area contributed by atoms with Gasteiger partial charge in [-0.1, -0.05) is 24.3 Å². The SMILES string of the molecule is O=C(C[C@@H]1OCCc2ccccc21)NCc1n[nH]c(=S)n1C1CC1. The van der Waals surface area contributed by atoms with E-state index in [4.69, 9.17) is 17.0 Å². The van der Waals surface area contributed by atoms with Crippen molar-refractivity contribution in [2.24, 2.45) is 0 Å². The van der Waals surface area contributed by atoms with Gasteiger partial charge in [0.05, 0.1) is 25.7 Å². The summed E-state index contributed by atoms with van der Waals surface area (Å²) < 4.78 is 8.45. The average molecular weight is 344 g/mol. The number of H-pyrrole nitrogens is 1. The number of rotatable bonds is 5. The summed E-state index contributed by atoms with van der Waals surface area (Å²) in [7, 11) is 0. The van der Waals surface area contributed by atoms with Crippen LogP contribution in [0.3, 0.4) is 0 Å². The number of hydrogen-bond donors (Lipinski definition) is 2. The number of nitrogens with one attached hydrogen (secondary N) is 2. The van der Waals surface area contributed by atoms with Crippen LogP contribution in [-0.4, -0.2) is 27.3 Å². The third-order valence-electron chi connectivity index (χ3n) is 4.60. The first-order valence-corrected chi connectivity index (χ1v) is 8.75. The van der Waals surface area contributed by atoms with E-state index in [9.17, 15) is 4.79 Å². The van der Waals surface area contributed by atoms with Crippen LogP contribution in [0.2, 0.25) is 0 Å². The quantitative estimate of drug-likeness (QED) is 0.818. The molecule has 126 valence electrons. The summed E-state index contributed by atoms with van der Waals surface area (Å²) in [5, 5.41) is 9.99. The van der Waals surface area contributed by atoms with Gasteiger partial charge in [-0.2, -0.15) is 5.10 Å². The molecule has 0 unspecified atom stereocenters. The molecule has 7 heteroatoms. The number of hydrogen-bond acceptors (Lipinski definition) is 4. The Bertz CT molecular complexity index is 809. The van der Waals surface area contributed by atoms with Crippen molar-refractivity contribution < 1.29 is 9.53 Å². The van der Waals surface area contributed by atoms with Crippen molar-refractivity contribution in [3.05, 3.63) is 46.0 Å². The second-order valence-corrected chi connectivity index (χ2v) is 6.72. The van der Waals surface area contributed by atoms with E-state index in [2.05, 4.69) is 21.6 Å². The van der Waals surface area contributed by atoms with Crippen LogP contribution in [0.25, 0.3) is 0 Å². The van der Waals surface area contributed by atoms with Crippen LogP contribution >= 0.6 is 12.2 Å². The molecule has 0 spiro atoms. The van der Waals surface area contributed by atoms with Crippen molar-refractivity contribution in [2.45, 2.75) is 44.4 Å². The Morgan fingerprint density at radius 3 is 3.08 bits per heavy atom. The van der Waals surface area contributed by atoms with E-state index in [1.54, 1.807) is 0 Å². The van der Waals surface area contributed by atoms with E-state index >= 15 is 0 Å². The van der Waals surface area contributed by atoms with Gasteiger partial charge in [-0.05, 0) is 42.6 Å². The van der Waals surface area contributed by atoms with Crippen LogP contribution in [0.5, 0.6) is 0 Å². The lowest BCUT2D eigenvalue weighted by Crippen LogP contribution is -2.28. The van der Waals surface area contributed by atoms with Gasteiger partial charge in [0.2, 0.25) is 5.91 Å². The zero-order valence-electron chi connectivity index (χ0n) is 13.3. The number of fused-ring (bicyclic) bond motifs is 1. The van der Waals surface area contributed by atoms with Gasteiger partial charge in [-0.25, -0.2) is 0 Å². The molecule has 1 aromatic carbocycles. The van der Waals surface area contributed by atoms with E-state index in [0.29, 0.717) is 30.4 Å². The smallest absolute Gasteiger partial charge is 0.223 e. The number of carbonyl (C=O) groups is 1. The molecule has 1 amide bonds. The molecule has 6 nitrogen and oxygen atoms in total. The highest BCUT2D eigenvalue weighted by Crippen LogP contribution is 2.35. The molecular weight excluding hydrogens is 324 g/mol. The number of benzene rings is 1. The van der Waals surface area contributed by atoms with Crippen LogP contribution in [0.1, 0.15) is 48.4 Å². The number of aromatic nitrogens is 3. The highest BCUT2D eigenvalue weighted by atomic mass is 32.1. The molecule has 2 aliphatic rings. The minimum absolute atomic E-state index is 0.0343. The molecule has 2 aromatic rings. The average Bonchev–Trinajstić information content (AvgIpc) is 3.36. The molecule has 1 saturated carbocycles. The minimum atomic E-state index is -0.167. The number of nitrogens with zero attached hydrogens (tertiary/aromatic N) is 2. The highest BCUT2D eigenvalue weighted by Gasteiger charge is 2.27. The third-order valence-corrected chi connectivity index (χ3v) is 4.88. The van der Waals surface area contributed by atoms with Gasteiger partial charge in [0.1, 0.15) is 0 Å². The Kier molecular flexibility index (Phi) is 4.20. The molecule has 2 heterocycles. The summed E-state index contributed by atoms with van der Waals surface area (Å²) in [5.74, 6) is 0.758. The fraction of sp³-hybridized carbons (Fsp3) is 0.471. The summed E-state index contributed by atoms with van der Waals surface area (Å²) in [4.78, 5) is 12.3. The molecule has 2 N–H and O–H groups in total. The predicted molar refractivity (Wildman–Crippen MR) is 91.0 cm³/mol. The van der Waals surface area contributed by atoms with Crippen molar-refractivity contribution in [1.29, 1.82) is 0 Å². The molecule has 1 fully saturated rings. The van der Waals surface area contributed by atoms with Crippen LogP contribution in [0.15, 0.2) is 24.3 Å². The lowest BCUT2D eigenvalue weighted by atomic mass is 9.96. The van der Waals surface area contributed by atoms with Gasteiger partial charge in [0.15, 0.2) is 10.6 Å². The minimum Gasteiger partial charge on any atom is -0.373 e. The summed E-state index contributed by atoms with van der Waals surface area (Å²) in [6.07, 6.45) is 3.32. The van der Waals surface area contributed by atoms with Crippen LogP contribution in [-0.2, 0) is 22.5 Å². The molecule has 0 bridgehead atoms. The molecule has 0 radical (unpaired) electrons. The third kappa shape index (κ3) is 3.14. The van der Waals surface area contributed by atoms with Crippen LogP contribution in [0, 0.1) is 4.77 Å². The second kappa shape index (κ2) is 6.49. The van der Waals surface area contributed by atoms with Gasteiger partial charge in [-0.15, -0.1) is 0 Å². The molecule has 1 aromatic heterocycles. The van der Waals surface area contributed by atoms with Gasteiger partial charge in [-0.3, -0.25) is 14.5 Å². The fourth-order valence-corrected chi connectivity index (χ4v) is 3.54. The number of ether oxygens (including phenoxy) is 1. The molecule has 0 saturated heterocycles. The Morgan fingerprint density at radius 2 is 2.25 bits per heavy atom. The normalized spacial score (nSPS) is 19.8. The lowest BCUT2D eigenvalue weighted by molar-refractivity contribution is -0.124. The van der Waals surface area contributed by atoms with Crippen molar-refractivity contribution in [1.82, 2.24) is 20.1 Å². The van der Waals surface area contributed by atoms with E-state index in [1.165, 1.54) is 5.56 Å². The topological polar surface area (TPSA) is 71.9 Å². The maximum atomic E-state index is 12.3. The van der Waals surface area contributed by atoms with E-state index in [0.717, 1.165) is 30.7 Å². The molecule has 1 aliphatic carbocycles. The van der Waals surface area contributed by atoms with E-state index in [-0.39, 0.29) is 12.0 Å². The first-order chi connectivity index (χ1) is 11.7. The first-order valence-electron chi connectivity index (χ1n) is 8.34. The monoisotopic (exact) mass is 344 g/mol. The summed E-state index contributed by atoms with van der Waals surface area (Å²) in [6, 6.07) is 8.62. The fourth-order valence-electron chi connectivity index (χ4n) is 3.24. The highest BCUT2D eigenvalue weighted by molar-refractivity contribution is 7.71. The molecule has 1 aliphatic heterocycles. The largest absolute Gasteiger partial charge is 0.373 e. The van der Waals surface area contributed by atoms with Gasteiger partial charge >= 0.3 is 0 Å². The molecule has 4 rings (SSSR count). The maximum Gasteiger partial charge on any atom is 0.223 e. The standard InChI is InChI=1S/C17H20N4O2S/c22-16(9-14-13-4-2-1-3-11(13)7-8-23-14)18-10-15-19-20-17(24)21(15)12-5-6-12/h1-4,12,14H,5-10H2,(H,18,22)(H,20,24)/t14-/m0/s1. The van der Waals surface area contributed by atoms with Crippen molar-refractivity contribution >= 4 is 18.1 Å². The lowest BCUT2D eigenvalue weighted by Gasteiger charge is -2.25. The maximum absolute atomic E-state index is 12.3.